The maximum Gasteiger partial charge on any atom is 0.314 e. The molecule has 0 radical (unpaired) electrons. The fraction of sp³-hybridized carbons (Fsp3) is 0.667. The zero-order valence-corrected chi connectivity index (χ0v) is 8.54. The molecular weight excluding hydrogens is 194 g/mol. The highest BCUT2D eigenvalue weighted by Crippen LogP contribution is 2.18. The normalized spacial score (nSPS) is 18.0. The Labute approximate surface area is 88.1 Å². The third-order valence-corrected chi connectivity index (χ3v) is 2.86. The van der Waals surface area contributed by atoms with E-state index < -0.39 is 0 Å². The van der Waals surface area contributed by atoms with Crippen molar-refractivity contribution in [3.8, 4) is 0 Å². The number of piperidine rings is 1. The van der Waals surface area contributed by atoms with Gasteiger partial charge in [0, 0.05) is 19.6 Å². The SMILES string of the molecule is NC(=O)N1CCC(Cn2cnnc2)CC1. The number of amides is 2. The Morgan fingerprint density at radius 1 is 1.33 bits per heavy atom. The van der Waals surface area contributed by atoms with Crippen LogP contribution in [0.5, 0.6) is 0 Å². The van der Waals surface area contributed by atoms with Crippen molar-refractivity contribution in [2.75, 3.05) is 13.1 Å². The van der Waals surface area contributed by atoms with Crippen LogP contribution in [0.1, 0.15) is 12.8 Å². The quantitative estimate of drug-likeness (QED) is 0.748. The molecule has 2 amide bonds. The molecule has 0 atom stereocenters. The van der Waals surface area contributed by atoms with Crippen molar-refractivity contribution >= 4 is 6.03 Å². The van der Waals surface area contributed by atoms with Crippen LogP contribution in [-0.4, -0.2) is 38.8 Å². The number of urea groups is 1. The van der Waals surface area contributed by atoms with Gasteiger partial charge in [-0.25, -0.2) is 4.79 Å². The summed E-state index contributed by atoms with van der Waals surface area (Å²) in [7, 11) is 0. The zero-order valence-electron chi connectivity index (χ0n) is 8.54. The Morgan fingerprint density at radius 2 is 1.93 bits per heavy atom. The highest BCUT2D eigenvalue weighted by atomic mass is 16.2. The molecule has 82 valence electrons. The van der Waals surface area contributed by atoms with Gasteiger partial charge >= 0.3 is 6.03 Å². The predicted molar refractivity (Wildman–Crippen MR) is 53.9 cm³/mol. The van der Waals surface area contributed by atoms with Crippen molar-refractivity contribution in [3.63, 3.8) is 0 Å². The minimum Gasteiger partial charge on any atom is -0.351 e. The lowest BCUT2D eigenvalue weighted by Gasteiger charge is -2.30. The summed E-state index contributed by atoms with van der Waals surface area (Å²) in [5, 5.41) is 7.52. The van der Waals surface area contributed by atoms with Gasteiger partial charge in [-0.1, -0.05) is 0 Å². The molecule has 1 aliphatic rings. The number of hydrogen-bond acceptors (Lipinski definition) is 3. The highest BCUT2D eigenvalue weighted by molar-refractivity contribution is 5.72. The number of carbonyl (C=O) groups is 1. The molecule has 15 heavy (non-hydrogen) atoms. The van der Waals surface area contributed by atoms with Crippen molar-refractivity contribution in [1.82, 2.24) is 19.7 Å². The summed E-state index contributed by atoms with van der Waals surface area (Å²) in [5.74, 6) is 0.594. The first-order valence-electron chi connectivity index (χ1n) is 5.12. The molecule has 1 saturated heterocycles. The lowest BCUT2D eigenvalue weighted by Crippen LogP contribution is -2.42. The Balaban J connectivity index is 1.81. The van der Waals surface area contributed by atoms with Gasteiger partial charge in [0.1, 0.15) is 12.7 Å². The Kier molecular flexibility index (Phi) is 2.84. The summed E-state index contributed by atoms with van der Waals surface area (Å²) in [6, 6.07) is -0.308. The van der Waals surface area contributed by atoms with Crippen molar-refractivity contribution in [2.24, 2.45) is 11.7 Å². The van der Waals surface area contributed by atoms with Crippen LogP contribution < -0.4 is 5.73 Å². The molecule has 0 unspecified atom stereocenters. The van der Waals surface area contributed by atoms with Gasteiger partial charge in [0.2, 0.25) is 0 Å². The monoisotopic (exact) mass is 209 g/mol. The predicted octanol–water partition coefficient (Wildman–Crippen LogP) is 0.0688. The van der Waals surface area contributed by atoms with E-state index in [4.69, 9.17) is 5.73 Å². The van der Waals surface area contributed by atoms with E-state index in [1.807, 2.05) is 4.57 Å². The number of hydrogen-bond donors (Lipinski definition) is 1. The smallest absolute Gasteiger partial charge is 0.314 e. The van der Waals surface area contributed by atoms with Gasteiger partial charge in [-0.3, -0.25) is 0 Å². The number of nitrogens with zero attached hydrogens (tertiary/aromatic N) is 4. The van der Waals surface area contributed by atoms with E-state index in [-0.39, 0.29) is 6.03 Å². The summed E-state index contributed by atoms with van der Waals surface area (Å²) in [6.45, 7) is 2.46. The van der Waals surface area contributed by atoms with Crippen LogP contribution in [0.25, 0.3) is 0 Å². The maximum absolute atomic E-state index is 10.9. The van der Waals surface area contributed by atoms with E-state index in [9.17, 15) is 4.79 Å². The molecule has 0 aromatic carbocycles. The molecule has 2 N–H and O–H groups in total. The van der Waals surface area contributed by atoms with Crippen LogP contribution in [0.3, 0.4) is 0 Å². The first-order chi connectivity index (χ1) is 7.25. The van der Waals surface area contributed by atoms with Gasteiger partial charge in [0.05, 0.1) is 0 Å². The fourth-order valence-corrected chi connectivity index (χ4v) is 1.95. The number of rotatable bonds is 2. The summed E-state index contributed by atoms with van der Waals surface area (Å²) in [4.78, 5) is 12.6. The van der Waals surface area contributed by atoms with Crippen LogP contribution in [0, 0.1) is 5.92 Å². The molecule has 0 spiro atoms. The van der Waals surface area contributed by atoms with E-state index in [1.165, 1.54) is 0 Å². The number of likely N-dealkylation sites (tertiary alicyclic amines) is 1. The number of aromatic nitrogens is 3. The van der Waals surface area contributed by atoms with Crippen molar-refractivity contribution in [3.05, 3.63) is 12.7 Å². The van der Waals surface area contributed by atoms with Crippen LogP contribution in [0.15, 0.2) is 12.7 Å². The summed E-state index contributed by atoms with van der Waals surface area (Å²) in [6.07, 6.45) is 5.45. The molecule has 0 bridgehead atoms. The first kappa shape index (κ1) is 9.95. The topological polar surface area (TPSA) is 77.0 Å². The van der Waals surface area contributed by atoms with Gasteiger partial charge < -0.3 is 15.2 Å². The Hall–Kier alpha value is -1.59. The van der Waals surface area contributed by atoms with Gasteiger partial charge in [-0.05, 0) is 18.8 Å². The molecule has 2 rings (SSSR count). The van der Waals surface area contributed by atoms with Crippen molar-refractivity contribution < 1.29 is 4.79 Å². The molecule has 2 heterocycles. The van der Waals surface area contributed by atoms with Crippen molar-refractivity contribution in [1.29, 1.82) is 0 Å². The number of carbonyl (C=O) groups excluding carboxylic acids is 1. The number of primary amides is 1. The molecule has 0 aliphatic carbocycles. The molecule has 6 heteroatoms. The minimum absolute atomic E-state index is 0.308. The Morgan fingerprint density at radius 3 is 2.47 bits per heavy atom. The second-order valence-corrected chi connectivity index (χ2v) is 3.93. The van der Waals surface area contributed by atoms with E-state index in [1.54, 1.807) is 17.6 Å². The average Bonchev–Trinajstić information content (AvgIpc) is 2.71. The summed E-state index contributed by atoms with van der Waals surface area (Å²) in [5.41, 5.74) is 5.21. The molecule has 1 fully saturated rings. The van der Waals surface area contributed by atoms with Gasteiger partial charge in [0.15, 0.2) is 0 Å². The largest absolute Gasteiger partial charge is 0.351 e. The standard InChI is InChI=1S/C9H15N5O/c10-9(15)14-3-1-8(2-4-14)5-13-6-11-12-7-13/h6-8H,1-5H2,(H2,10,15). The molecule has 1 aromatic rings. The number of nitrogens with two attached hydrogens (primary N) is 1. The van der Waals surface area contributed by atoms with Gasteiger partial charge in [-0.2, -0.15) is 0 Å². The average molecular weight is 209 g/mol. The van der Waals surface area contributed by atoms with Crippen LogP contribution >= 0.6 is 0 Å². The molecule has 6 nitrogen and oxygen atoms in total. The minimum atomic E-state index is -0.308. The zero-order chi connectivity index (χ0) is 10.7. The maximum atomic E-state index is 10.9. The second kappa shape index (κ2) is 4.29. The van der Waals surface area contributed by atoms with Crippen LogP contribution in [-0.2, 0) is 6.54 Å². The lowest BCUT2D eigenvalue weighted by atomic mass is 9.97. The van der Waals surface area contributed by atoms with E-state index >= 15 is 0 Å². The van der Waals surface area contributed by atoms with E-state index in [2.05, 4.69) is 10.2 Å². The second-order valence-electron chi connectivity index (χ2n) is 3.93. The first-order valence-corrected chi connectivity index (χ1v) is 5.12. The summed E-state index contributed by atoms with van der Waals surface area (Å²) >= 11 is 0. The highest BCUT2D eigenvalue weighted by Gasteiger charge is 2.21. The van der Waals surface area contributed by atoms with E-state index in [0.717, 1.165) is 32.5 Å². The Bertz CT molecular complexity index is 315. The molecular formula is C9H15N5O. The molecule has 1 aliphatic heterocycles. The lowest BCUT2D eigenvalue weighted by molar-refractivity contribution is 0.173. The summed E-state index contributed by atoms with van der Waals surface area (Å²) < 4.78 is 1.98. The molecule has 1 aromatic heterocycles. The van der Waals surface area contributed by atoms with E-state index in [0.29, 0.717) is 5.92 Å². The van der Waals surface area contributed by atoms with Gasteiger partial charge in [-0.15, -0.1) is 10.2 Å². The van der Waals surface area contributed by atoms with Gasteiger partial charge in [0.25, 0.3) is 0 Å². The molecule has 0 saturated carbocycles. The van der Waals surface area contributed by atoms with Crippen molar-refractivity contribution in [2.45, 2.75) is 19.4 Å². The fourth-order valence-electron chi connectivity index (χ4n) is 1.95. The third-order valence-electron chi connectivity index (χ3n) is 2.86. The third kappa shape index (κ3) is 2.45. The van der Waals surface area contributed by atoms with Crippen LogP contribution in [0.4, 0.5) is 4.79 Å². The van der Waals surface area contributed by atoms with Crippen LogP contribution in [0.2, 0.25) is 0 Å².